The molecule has 1 saturated heterocycles. The topological polar surface area (TPSA) is 137 Å². The van der Waals surface area contributed by atoms with E-state index in [-0.39, 0.29) is 29.4 Å². The number of pyridine rings is 1. The van der Waals surface area contributed by atoms with Crippen molar-refractivity contribution in [3.05, 3.63) is 89.1 Å². The predicted molar refractivity (Wildman–Crippen MR) is 167 cm³/mol. The lowest BCUT2D eigenvalue weighted by molar-refractivity contribution is -0.131. The molecule has 10 nitrogen and oxygen atoms in total. The molecule has 46 heavy (non-hydrogen) atoms. The maximum absolute atomic E-state index is 14.2. The Labute approximate surface area is 265 Å². The highest BCUT2D eigenvalue weighted by Gasteiger charge is 2.43. The minimum Gasteiger partial charge on any atom is -0.490 e. The summed E-state index contributed by atoms with van der Waals surface area (Å²) in [5.41, 5.74) is 3.02. The van der Waals surface area contributed by atoms with Gasteiger partial charge in [-0.05, 0) is 79.8 Å². The van der Waals surface area contributed by atoms with Gasteiger partial charge in [-0.2, -0.15) is 10.5 Å². The maximum atomic E-state index is 14.2. The van der Waals surface area contributed by atoms with Gasteiger partial charge in [0.2, 0.25) is 0 Å². The van der Waals surface area contributed by atoms with E-state index < -0.39 is 11.8 Å². The van der Waals surface area contributed by atoms with Crippen molar-refractivity contribution in [1.82, 2.24) is 19.4 Å². The van der Waals surface area contributed by atoms with Gasteiger partial charge in [-0.25, -0.2) is 19.2 Å². The molecule has 4 aromatic rings. The molecule has 0 atom stereocenters. The van der Waals surface area contributed by atoms with Crippen molar-refractivity contribution in [1.29, 1.82) is 10.5 Å². The van der Waals surface area contributed by atoms with Crippen LogP contribution in [0, 0.1) is 33.9 Å². The first-order valence-corrected chi connectivity index (χ1v) is 15.3. The molecule has 2 fully saturated rings. The number of piperidine rings is 1. The SMILES string of the molecule is N#CCC1(Cn2c(CN3CCC(Oc4cccc(COc5ccc(C#N)cc5F)c4)CC3)nc3ccc(/C=C/C(=O)O)nc32)CC1. The molecule has 1 saturated carbocycles. The fraction of sp³-hybridized carbons (Fsp3) is 0.343. The number of carboxylic acids is 1. The minimum atomic E-state index is -1.03. The first kappa shape index (κ1) is 30.8. The van der Waals surface area contributed by atoms with E-state index >= 15 is 0 Å². The summed E-state index contributed by atoms with van der Waals surface area (Å²) < 4.78 is 28.3. The van der Waals surface area contributed by atoms with Crippen molar-refractivity contribution in [2.75, 3.05) is 13.1 Å². The van der Waals surface area contributed by atoms with Crippen LogP contribution in [0.25, 0.3) is 17.2 Å². The van der Waals surface area contributed by atoms with Crippen molar-refractivity contribution in [3.63, 3.8) is 0 Å². The molecule has 2 aliphatic rings. The van der Waals surface area contributed by atoms with Crippen molar-refractivity contribution >= 4 is 23.2 Å². The number of aliphatic carboxylic acids is 1. The van der Waals surface area contributed by atoms with Gasteiger partial charge in [-0.1, -0.05) is 12.1 Å². The molecule has 0 unspecified atom stereocenters. The summed E-state index contributed by atoms with van der Waals surface area (Å²) in [7, 11) is 0. The molecule has 0 amide bonds. The summed E-state index contributed by atoms with van der Waals surface area (Å²) in [6.07, 6.45) is 6.70. The van der Waals surface area contributed by atoms with Crippen molar-refractivity contribution in [2.24, 2.45) is 5.41 Å². The van der Waals surface area contributed by atoms with Gasteiger partial charge < -0.3 is 19.1 Å². The van der Waals surface area contributed by atoms with Gasteiger partial charge in [0.15, 0.2) is 17.2 Å². The van der Waals surface area contributed by atoms with E-state index in [0.29, 0.717) is 30.9 Å². The van der Waals surface area contributed by atoms with Gasteiger partial charge in [-0.3, -0.25) is 4.90 Å². The van der Waals surface area contributed by atoms with Crippen molar-refractivity contribution in [3.8, 4) is 23.6 Å². The van der Waals surface area contributed by atoms with E-state index in [0.717, 1.165) is 73.6 Å². The standard InChI is InChI=1S/C35H33FN6O4/c36-29-19-24(20-38)4-8-31(29)45-22-25-2-1-3-28(18-25)46-27-10-16-41(17-11-27)21-32-40-30-7-5-26(6-9-33(43)44)39-34(30)42(32)23-35(12-13-35)14-15-37/h1-9,18-19,27H,10-14,16-17,21-23H2,(H,43,44)/b9-6+. The lowest BCUT2D eigenvalue weighted by atomic mass is 10.0. The van der Waals surface area contributed by atoms with Crippen LogP contribution in [0.1, 0.15) is 54.7 Å². The molecule has 2 aromatic carbocycles. The van der Waals surface area contributed by atoms with E-state index in [2.05, 4.69) is 15.5 Å². The van der Waals surface area contributed by atoms with Gasteiger partial charge >= 0.3 is 5.97 Å². The van der Waals surface area contributed by atoms with E-state index in [1.165, 1.54) is 18.2 Å². The second kappa shape index (κ2) is 13.4. The fourth-order valence-electron chi connectivity index (χ4n) is 5.81. The molecule has 1 aliphatic carbocycles. The molecule has 234 valence electrons. The van der Waals surface area contributed by atoms with Crippen LogP contribution in [0.2, 0.25) is 0 Å². The molecule has 1 N–H and O–H groups in total. The van der Waals surface area contributed by atoms with Gasteiger partial charge in [0.05, 0.1) is 29.9 Å². The Morgan fingerprint density at radius 2 is 1.93 bits per heavy atom. The fourth-order valence-corrected chi connectivity index (χ4v) is 5.81. The number of carboxylic acid groups (broad SMARTS) is 1. The van der Waals surface area contributed by atoms with Crippen molar-refractivity contribution in [2.45, 2.75) is 57.9 Å². The summed E-state index contributed by atoms with van der Waals surface area (Å²) in [4.78, 5) is 23.0. The summed E-state index contributed by atoms with van der Waals surface area (Å²) in [5.74, 6) is 0.101. The number of aromatic nitrogens is 3. The number of hydrogen-bond donors (Lipinski definition) is 1. The maximum Gasteiger partial charge on any atom is 0.328 e. The largest absolute Gasteiger partial charge is 0.490 e. The number of fused-ring (bicyclic) bond motifs is 1. The average molecular weight is 621 g/mol. The van der Waals surface area contributed by atoms with Crippen LogP contribution in [-0.2, 0) is 24.5 Å². The van der Waals surface area contributed by atoms with E-state index in [1.807, 2.05) is 36.4 Å². The van der Waals surface area contributed by atoms with Crippen LogP contribution in [0.5, 0.6) is 11.5 Å². The number of rotatable bonds is 12. The van der Waals surface area contributed by atoms with Crippen LogP contribution >= 0.6 is 0 Å². The third-order valence-corrected chi connectivity index (χ3v) is 8.55. The van der Waals surface area contributed by atoms with Crippen LogP contribution in [0.15, 0.2) is 60.7 Å². The number of likely N-dealkylation sites (tertiary alicyclic amines) is 1. The number of carbonyl (C=O) groups is 1. The van der Waals surface area contributed by atoms with E-state index in [4.69, 9.17) is 29.8 Å². The zero-order valence-corrected chi connectivity index (χ0v) is 25.2. The van der Waals surface area contributed by atoms with Crippen LogP contribution in [-0.4, -0.2) is 49.7 Å². The first-order chi connectivity index (χ1) is 22.3. The number of hydrogen-bond acceptors (Lipinski definition) is 8. The number of halogens is 1. The molecule has 2 aromatic heterocycles. The van der Waals surface area contributed by atoms with Crippen LogP contribution in [0.3, 0.4) is 0 Å². The lowest BCUT2D eigenvalue weighted by Gasteiger charge is -2.32. The average Bonchev–Trinajstić information content (AvgIpc) is 3.74. The van der Waals surface area contributed by atoms with Crippen LogP contribution in [0.4, 0.5) is 4.39 Å². The Kier molecular flexibility index (Phi) is 8.95. The summed E-state index contributed by atoms with van der Waals surface area (Å²) in [6, 6.07) is 19.6. The molecule has 0 bridgehead atoms. The second-order valence-corrected chi connectivity index (χ2v) is 12.0. The normalized spacial score (nSPS) is 16.2. The zero-order valence-electron chi connectivity index (χ0n) is 25.2. The molecule has 0 radical (unpaired) electrons. The monoisotopic (exact) mass is 620 g/mol. The Balaban J connectivity index is 1.09. The van der Waals surface area contributed by atoms with Gasteiger partial charge in [0, 0.05) is 37.5 Å². The molecule has 6 rings (SSSR count). The number of nitrogens with zero attached hydrogens (tertiary/aromatic N) is 6. The van der Waals surface area contributed by atoms with E-state index in [1.54, 1.807) is 6.07 Å². The summed E-state index contributed by atoms with van der Waals surface area (Å²) in [5, 5.41) is 27.4. The third-order valence-electron chi connectivity index (χ3n) is 8.55. The quantitative estimate of drug-likeness (QED) is 0.193. The first-order valence-electron chi connectivity index (χ1n) is 15.3. The molecular weight excluding hydrogens is 587 g/mol. The third kappa shape index (κ3) is 7.33. The molecule has 1 aliphatic heterocycles. The smallest absolute Gasteiger partial charge is 0.328 e. The highest BCUT2D eigenvalue weighted by Crippen LogP contribution is 2.50. The van der Waals surface area contributed by atoms with E-state index in [9.17, 15) is 14.4 Å². The minimum absolute atomic E-state index is 0.0396. The summed E-state index contributed by atoms with van der Waals surface area (Å²) in [6.45, 7) is 3.09. The van der Waals surface area contributed by atoms with Gasteiger partial charge in [-0.15, -0.1) is 0 Å². The van der Waals surface area contributed by atoms with Gasteiger partial charge in [0.25, 0.3) is 0 Å². The highest BCUT2D eigenvalue weighted by atomic mass is 19.1. The Hall–Kier alpha value is -5.26. The summed E-state index contributed by atoms with van der Waals surface area (Å²) >= 11 is 0. The Morgan fingerprint density at radius 1 is 1.11 bits per heavy atom. The number of imidazole rings is 1. The number of nitriles is 2. The molecule has 0 spiro atoms. The predicted octanol–water partition coefficient (Wildman–Crippen LogP) is 5.86. The molecule has 11 heteroatoms. The second-order valence-electron chi connectivity index (χ2n) is 12.0. The highest BCUT2D eigenvalue weighted by molar-refractivity contribution is 5.85. The van der Waals surface area contributed by atoms with Gasteiger partial charge in [0.1, 0.15) is 29.8 Å². The van der Waals surface area contributed by atoms with Crippen molar-refractivity contribution < 1.29 is 23.8 Å². The Bertz CT molecular complexity index is 1860. The zero-order chi connectivity index (χ0) is 32.1. The van der Waals surface area contributed by atoms with Crippen LogP contribution < -0.4 is 9.47 Å². The Morgan fingerprint density at radius 3 is 2.65 bits per heavy atom. The number of benzene rings is 2. The molecular formula is C35H33FN6O4. The molecule has 3 heterocycles. The lowest BCUT2D eigenvalue weighted by Crippen LogP contribution is -2.38. The number of ether oxygens (including phenoxy) is 2.